The van der Waals surface area contributed by atoms with E-state index in [1.807, 2.05) is 0 Å². The van der Waals surface area contributed by atoms with Gasteiger partial charge >= 0.3 is 0 Å². The van der Waals surface area contributed by atoms with Crippen LogP contribution in [0.3, 0.4) is 0 Å². The molecule has 14 heavy (non-hydrogen) atoms. The van der Waals surface area contributed by atoms with Gasteiger partial charge in [0.25, 0.3) is 5.92 Å². The fraction of sp³-hybridized carbons (Fsp3) is 0.375. The summed E-state index contributed by atoms with van der Waals surface area (Å²) in [5, 5.41) is 11.0. The third kappa shape index (κ3) is 2.94. The summed E-state index contributed by atoms with van der Waals surface area (Å²) < 4.78 is 24.9. The summed E-state index contributed by atoms with van der Waals surface area (Å²) in [7, 11) is 0. The van der Waals surface area contributed by atoms with Crippen molar-refractivity contribution in [2.75, 3.05) is 11.9 Å². The van der Waals surface area contributed by atoms with Crippen molar-refractivity contribution in [3.63, 3.8) is 0 Å². The lowest BCUT2D eigenvalue weighted by atomic mass is 10.3. The molecule has 0 bridgehead atoms. The Labute approximate surface area is 79.6 Å². The first-order chi connectivity index (χ1) is 6.53. The molecule has 1 aromatic heterocycles. The molecule has 0 spiro atoms. The largest absolute Gasteiger partial charge is 0.363 e. The van der Waals surface area contributed by atoms with Crippen LogP contribution in [0.15, 0.2) is 12.5 Å². The fourth-order valence-electron chi connectivity index (χ4n) is 0.791. The maximum absolute atomic E-state index is 12.5. The van der Waals surface area contributed by atoms with Crippen molar-refractivity contribution in [3.8, 4) is 6.07 Å². The SMILES string of the molecule is CC(F)(F)CNc1ncncc1C#N. The number of aromatic nitrogens is 2. The Kier molecular flexibility index (Phi) is 2.92. The number of hydrogen-bond donors (Lipinski definition) is 1. The minimum absolute atomic E-state index is 0.129. The summed E-state index contributed by atoms with van der Waals surface area (Å²) in [6.45, 7) is 0.228. The van der Waals surface area contributed by atoms with Crippen molar-refractivity contribution in [3.05, 3.63) is 18.1 Å². The number of nitrogens with one attached hydrogen (secondary N) is 1. The number of alkyl halides is 2. The van der Waals surface area contributed by atoms with E-state index in [4.69, 9.17) is 5.26 Å². The number of halogens is 2. The van der Waals surface area contributed by atoms with E-state index in [1.54, 1.807) is 6.07 Å². The van der Waals surface area contributed by atoms with Crippen molar-refractivity contribution in [2.45, 2.75) is 12.8 Å². The lowest BCUT2D eigenvalue weighted by molar-refractivity contribution is 0.0367. The van der Waals surface area contributed by atoms with Gasteiger partial charge in [0.2, 0.25) is 0 Å². The van der Waals surface area contributed by atoms with Crippen molar-refractivity contribution in [1.82, 2.24) is 9.97 Å². The molecule has 1 rings (SSSR count). The van der Waals surface area contributed by atoms with Crippen LogP contribution in [-0.2, 0) is 0 Å². The van der Waals surface area contributed by atoms with Gasteiger partial charge in [-0.15, -0.1) is 0 Å². The zero-order chi connectivity index (χ0) is 10.6. The predicted octanol–water partition coefficient (Wildman–Crippen LogP) is 1.42. The molecule has 6 heteroatoms. The predicted molar refractivity (Wildman–Crippen MR) is 45.9 cm³/mol. The van der Waals surface area contributed by atoms with Crippen LogP contribution in [-0.4, -0.2) is 22.4 Å². The van der Waals surface area contributed by atoms with Gasteiger partial charge in [0, 0.05) is 6.92 Å². The highest BCUT2D eigenvalue weighted by molar-refractivity contribution is 5.49. The molecular weight excluding hydrogens is 190 g/mol. The molecule has 0 aliphatic heterocycles. The molecule has 0 aromatic carbocycles. The van der Waals surface area contributed by atoms with Crippen LogP contribution in [0.2, 0.25) is 0 Å². The third-order valence-corrected chi connectivity index (χ3v) is 1.40. The number of hydrogen-bond acceptors (Lipinski definition) is 4. The van der Waals surface area contributed by atoms with Gasteiger partial charge in [0.05, 0.1) is 12.7 Å². The van der Waals surface area contributed by atoms with Gasteiger partial charge in [-0.2, -0.15) is 5.26 Å². The first-order valence-electron chi connectivity index (χ1n) is 3.85. The summed E-state index contributed by atoms with van der Waals surface area (Å²) >= 11 is 0. The van der Waals surface area contributed by atoms with E-state index in [0.717, 1.165) is 6.92 Å². The average Bonchev–Trinajstić information content (AvgIpc) is 2.14. The summed E-state index contributed by atoms with van der Waals surface area (Å²) in [5.74, 6) is -2.71. The second-order valence-corrected chi connectivity index (χ2v) is 2.82. The van der Waals surface area contributed by atoms with E-state index in [2.05, 4.69) is 15.3 Å². The molecule has 0 saturated carbocycles. The van der Waals surface area contributed by atoms with Gasteiger partial charge in [-0.25, -0.2) is 18.7 Å². The number of nitriles is 1. The highest BCUT2D eigenvalue weighted by atomic mass is 19.3. The third-order valence-electron chi connectivity index (χ3n) is 1.40. The van der Waals surface area contributed by atoms with E-state index < -0.39 is 12.5 Å². The molecule has 0 unspecified atom stereocenters. The topological polar surface area (TPSA) is 61.6 Å². The maximum atomic E-state index is 12.5. The molecule has 0 radical (unpaired) electrons. The maximum Gasteiger partial charge on any atom is 0.262 e. The highest BCUT2D eigenvalue weighted by Gasteiger charge is 2.21. The monoisotopic (exact) mass is 198 g/mol. The van der Waals surface area contributed by atoms with Crippen LogP contribution < -0.4 is 5.32 Å². The Balaban J connectivity index is 2.73. The Morgan fingerprint density at radius 3 is 2.93 bits per heavy atom. The van der Waals surface area contributed by atoms with Crippen molar-refractivity contribution in [1.29, 1.82) is 5.26 Å². The lowest BCUT2D eigenvalue weighted by Gasteiger charge is -2.11. The summed E-state index contributed by atoms with van der Waals surface area (Å²) in [4.78, 5) is 7.27. The van der Waals surface area contributed by atoms with Gasteiger partial charge in [-0.05, 0) is 0 Å². The molecule has 4 nitrogen and oxygen atoms in total. The Hall–Kier alpha value is -1.77. The number of anilines is 1. The fourth-order valence-corrected chi connectivity index (χ4v) is 0.791. The van der Waals surface area contributed by atoms with Crippen LogP contribution in [0.5, 0.6) is 0 Å². The molecule has 0 saturated heterocycles. The summed E-state index contributed by atoms with van der Waals surface area (Å²) in [6, 6.07) is 1.80. The average molecular weight is 198 g/mol. The lowest BCUT2D eigenvalue weighted by Crippen LogP contribution is -2.23. The second kappa shape index (κ2) is 3.96. The molecule has 0 amide bonds. The van der Waals surface area contributed by atoms with Crippen LogP contribution >= 0.6 is 0 Å². The van der Waals surface area contributed by atoms with Crippen molar-refractivity contribution >= 4 is 5.82 Å². The van der Waals surface area contributed by atoms with E-state index in [1.165, 1.54) is 12.5 Å². The van der Waals surface area contributed by atoms with Gasteiger partial charge < -0.3 is 5.32 Å². The Morgan fingerprint density at radius 1 is 1.64 bits per heavy atom. The zero-order valence-electron chi connectivity index (χ0n) is 7.46. The van der Waals surface area contributed by atoms with Gasteiger partial charge in [0.15, 0.2) is 0 Å². The molecule has 1 N–H and O–H groups in total. The molecule has 1 heterocycles. The van der Waals surface area contributed by atoms with E-state index in [-0.39, 0.29) is 11.4 Å². The minimum atomic E-state index is -2.84. The molecule has 0 aliphatic carbocycles. The van der Waals surface area contributed by atoms with Crippen molar-refractivity contribution < 1.29 is 8.78 Å². The molecule has 1 aromatic rings. The molecule has 0 atom stereocenters. The standard InChI is InChI=1S/C8H8F2N4/c1-8(9,10)4-13-7-6(2-11)3-12-5-14-7/h3,5H,4H2,1H3,(H,12,13,14). The molecule has 74 valence electrons. The quantitative estimate of drug-likeness (QED) is 0.797. The summed E-state index contributed by atoms with van der Waals surface area (Å²) in [5.41, 5.74) is 0.150. The normalized spacial score (nSPS) is 10.7. The van der Waals surface area contributed by atoms with E-state index in [9.17, 15) is 8.78 Å². The summed E-state index contributed by atoms with van der Waals surface area (Å²) in [6.07, 6.45) is 2.46. The molecule has 0 aliphatic rings. The van der Waals surface area contributed by atoms with Gasteiger partial charge in [-0.1, -0.05) is 0 Å². The second-order valence-electron chi connectivity index (χ2n) is 2.82. The Morgan fingerprint density at radius 2 is 2.36 bits per heavy atom. The van der Waals surface area contributed by atoms with Crippen LogP contribution in [0, 0.1) is 11.3 Å². The first kappa shape index (κ1) is 10.3. The van der Waals surface area contributed by atoms with Crippen molar-refractivity contribution in [2.24, 2.45) is 0 Å². The first-order valence-corrected chi connectivity index (χ1v) is 3.85. The van der Waals surface area contributed by atoms with E-state index in [0.29, 0.717) is 0 Å². The van der Waals surface area contributed by atoms with E-state index >= 15 is 0 Å². The molecule has 0 fully saturated rings. The van der Waals surface area contributed by atoms with Crippen LogP contribution in [0.1, 0.15) is 12.5 Å². The number of nitrogens with zero attached hydrogens (tertiary/aromatic N) is 3. The Bertz CT molecular complexity index is 353. The zero-order valence-corrected chi connectivity index (χ0v) is 7.46. The minimum Gasteiger partial charge on any atom is -0.363 e. The van der Waals surface area contributed by atoms with Crippen LogP contribution in [0.25, 0.3) is 0 Å². The van der Waals surface area contributed by atoms with Crippen LogP contribution in [0.4, 0.5) is 14.6 Å². The number of rotatable bonds is 3. The van der Waals surface area contributed by atoms with Gasteiger partial charge in [0.1, 0.15) is 23.8 Å². The molecular formula is C8H8F2N4. The smallest absolute Gasteiger partial charge is 0.262 e. The highest BCUT2D eigenvalue weighted by Crippen LogP contribution is 2.14. The van der Waals surface area contributed by atoms with Gasteiger partial charge in [-0.3, -0.25) is 0 Å².